The second-order valence-electron chi connectivity index (χ2n) is 3.76. The van der Waals surface area contributed by atoms with Crippen LogP contribution in [0.2, 0.25) is 0 Å². The van der Waals surface area contributed by atoms with E-state index in [2.05, 4.69) is 20.4 Å². The lowest BCUT2D eigenvalue weighted by Crippen LogP contribution is -2.04. The number of hydrogen-bond donors (Lipinski definition) is 1. The van der Waals surface area contributed by atoms with Gasteiger partial charge < -0.3 is 14.8 Å². The highest BCUT2D eigenvalue weighted by molar-refractivity contribution is 5.50. The van der Waals surface area contributed by atoms with Crippen molar-refractivity contribution in [2.24, 2.45) is 0 Å². The minimum Gasteiger partial charge on any atom is -0.478 e. The minimum atomic E-state index is 0.484. The molecule has 0 aliphatic carbocycles. The maximum atomic E-state index is 5.31. The number of nitrogens with zero attached hydrogens (tertiary/aromatic N) is 4. The van der Waals surface area contributed by atoms with Crippen molar-refractivity contribution in [3.05, 3.63) is 24.7 Å². The van der Waals surface area contributed by atoms with E-state index in [0.717, 1.165) is 5.69 Å². The Morgan fingerprint density at radius 3 is 3.11 bits per heavy atom. The van der Waals surface area contributed by atoms with Gasteiger partial charge in [-0.1, -0.05) is 0 Å². The predicted molar refractivity (Wildman–Crippen MR) is 70.6 cm³/mol. The van der Waals surface area contributed by atoms with E-state index in [1.165, 1.54) is 0 Å². The molecule has 7 nitrogen and oxygen atoms in total. The van der Waals surface area contributed by atoms with Crippen LogP contribution in [0.4, 0.5) is 11.6 Å². The minimum absolute atomic E-state index is 0.484. The van der Waals surface area contributed by atoms with Crippen LogP contribution < -0.4 is 10.1 Å². The molecule has 0 fully saturated rings. The van der Waals surface area contributed by atoms with Gasteiger partial charge in [0.2, 0.25) is 11.8 Å². The second-order valence-corrected chi connectivity index (χ2v) is 3.76. The first kappa shape index (κ1) is 13.3. The van der Waals surface area contributed by atoms with Crippen molar-refractivity contribution in [3.63, 3.8) is 0 Å². The highest BCUT2D eigenvalue weighted by Crippen LogP contribution is 2.14. The molecule has 0 unspecified atom stereocenters. The summed E-state index contributed by atoms with van der Waals surface area (Å²) in [6.45, 7) is 3.82. The number of ether oxygens (including phenoxy) is 2. The number of aromatic nitrogens is 4. The Kier molecular flexibility index (Phi) is 4.68. The zero-order valence-corrected chi connectivity index (χ0v) is 11.0. The predicted octanol–water partition coefficient (Wildman–Crippen LogP) is 1.46. The summed E-state index contributed by atoms with van der Waals surface area (Å²) in [6.07, 6.45) is 5.23. The zero-order chi connectivity index (χ0) is 13.5. The SMILES string of the molecule is CCOc1ccnc(Nc2cnn(CCOC)c2)n1. The average molecular weight is 263 g/mol. The molecule has 0 aliphatic rings. The number of methoxy groups -OCH3 is 1. The van der Waals surface area contributed by atoms with Crippen LogP contribution in [-0.4, -0.2) is 40.1 Å². The highest BCUT2D eigenvalue weighted by Gasteiger charge is 2.03. The van der Waals surface area contributed by atoms with Crippen LogP contribution in [0.3, 0.4) is 0 Å². The average Bonchev–Trinajstić information content (AvgIpc) is 2.85. The van der Waals surface area contributed by atoms with Crippen molar-refractivity contribution < 1.29 is 9.47 Å². The number of hydrogen-bond acceptors (Lipinski definition) is 6. The summed E-state index contributed by atoms with van der Waals surface area (Å²) in [5.74, 6) is 1.03. The van der Waals surface area contributed by atoms with Crippen LogP contribution in [0.25, 0.3) is 0 Å². The lowest BCUT2D eigenvalue weighted by Gasteiger charge is -2.04. The standard InChI is InChI=1S/C12H17N5O2/c1-3-19-11-4-5-13-12(16-11)15-10-8-14-17(9-10)6-7-18-2/h4-5,8-9H,3,6-7H2,1-2H3,(H,13,15,16). The van der Waals surface area contributed by atoms with Crippen molar-refractivity contribution in [2.45, 2.75) is 13.5 Å². The van der Waals surface area contributed by atoms with E-state index in [4.69, 9.17) is 9.47 Å². The third-order valence-corrected chi connectivity index (χ3v) is 2.34. The van der Waals surface area contributed by atoms with Gasteiger partial charge in [0.15, 0.2) is 0 Å². The van der Waals surface area contributed by atoms with Crippen molar-refractivity contribution in [2.75, 3.05) is 25.6 Å². The van der Waals surface area contributed by atoms with Crippen LogP contribution in [0.1, 0.15) is 6.92 Å². The van der Waals surface area contributed by atoms with E-state index in [1.54, 1.807) is 30.3 Å². The number of rotatable bonds is 7. The van der Waals surface area contributed by atoms with E-state index < -0.39 is 0 Å². The Hall–Kier alpha value is -2.15. The van der Waals surface area contributed by atoms with Crippen molar-refractivity contribution in [1.82, 2.24) is 19.7 Å². The van der Waals surface area contributed by atoms with Crippen molar-refractivity contribution >= 4 is 11.6 Å². The maximum absolute atomic E-state index is 5.31. The molecule has 19 heavy (non-hydrogen) atoms. The normalized spacial score (nSPS) is 10.4. The van der Waals surface area contributed by atoms with Gasteiger partial charge in [0, 0.05) is 25.6 Å². The first-order valence-corrected chi connectivity index (χ1v) is 6.06. The fourth-order valence-corrected chi connectivity index (χ4v) is 1.49. The molecular formula is C12H17N5O2. The lowest BCUT2D eigenvalue weighted by atomic mass is 10.5. The van der Waals surface area contributed by atoms with Gasteiger partial charge in [-0.3, -0.25) is 4.68 Å². The molecule has 0 atom stereocenters. The molecular weight excluding hydrogens is 246 g/mol. The Labute approximate surface area is 111 Å². The molecule has 0 radical (unpaired) electrons. The zero-order valence-electron chi connectivity index (χ0n) is 11.0. The van der Waals surface area contributed by atoms with E-state index in [9.17, 15) is 0 Å². The van der Waals surface area contributed by atoms with Gasteiger partial charge in [0.25, 0.3) is 0 Å². The van der Waals surface area contributed by atoms with Crippen molar-refractivity contribution in [3.8, 4) is 5.88 Å². The first-order chi connectivity index (χ1) is 9.31. The van der Waals surface area contributed by atoms with Crippen molar-refractivity contribution in [1.29, 1.82) is 0 Å². The molecule has 0 aromatic carbocycles. The summed E-state index contributed by atoms with van der Waals surface area (Å²) in [4.78, 5) is 8.35. The van der Waals surface area contributed by atoms with Gasteiger partial charge >= 0.3 is 0 Å². The topological polar surface area (TPSA) is 74.1 Å². The van der Waals surface area contributed by atoms with Crippen LogP contribution in [0.15, 0.2) is 24.7 Å². The van der Waals surface area contributed by atoms with Gasteiger partial charge in [-0.2, -0.15) is 10.1 Å². The molecule has 102 valence electrons. The third-order valence-electron chi connectivity index (χ3n) is 2.34. The maximum Gasteiger partial charge on any atom is 0.230 e. The molecule has 2 aromatic heterocycles. The molecule has 0 aliphatic heterocycles. The fraction of sp³-hybridized carbons (Fsp3) is 0.417. The van der Waals surface area contributed by atoms with Crippen LogP contribution in [0, 0.1) is 0 Å². The molecule has 0 saturated heterocycles. The number of anilines is 2. The molecule has 0 amide bonds. The molecule has 0 spiro atoms. The van der Waals surface area contributed by atoms with E-state index in [-0.39, 0.29) is 0 Å². The Bertz CT molecular complexity index is 514. The summed E-state index contributed by atoms with van der Waals surface area (Å²) >= 11 is 0. The van der Waals surface area contributed by atoms with Gasteiger partial charge in [0.05, 0.1) is 31.6 Å². The smallest absolute Gasteiger partial charge is 0.230 e. The lowest BCUT2D eigenvalue weighted by molar-refractivity contribution is 0.183. The summed E-state index contributed by atoms with van der Waals surface area (Å²) in [5.41, 5.74) is 0.824. The highest BCUT2D eigenvalue weighted by atomic mass is 16.5. The van der Waals surface area contributed by atoms with Gasteiger partial charge in [-0.25, -0.2) is 4.98 Å². The number of nitrogens with one attached hydrogen (secondary N) is 1. The summed E-state index contributed by atoms with van der Waals surface area (Å²) in [6, 6.07) is 1.72. The van der Waals surface area contributed by atoms with Crippen LogP contribution in [-0.2, 0) is 11.3 Å². The third kappa shape index (κ3) is 3.92. The quantitative estimate of drug-likeness (QED) is 0.815. The largest absolute Gasteiger partial charge is 0.478 e. The fourth-order valence-electron chi connectivity index (χ4n) is 1.49. The first-order valence-electron chi connectivity index (χ1n) is 6.06. The van der Waals surface area contributed by atoms with Gasteiger partial charge in [-0.15, -0.1) is 0 Å². The summed E-state index contributed by atoms with van der Waals surface area (Å²) in [5, 5.41) is 7.27. The van der Waals surface area contributed by atoms with Crippen LogP contribution in [0.5, 0.6) is 5.88 Å². The summed E-state index contributed by atoms with van der Waals surface area (Å²) in [7, 11) is 1.66. The van der Waals surface area contributed by atoms with Gasteiger partial charge in [-0.05, 0) is 6.92 Å². The van der Waals surface area contributed by atoms with E-state index in [0.29, 0.717) is 31.6 Å². The molecule has 0 bridgehead atoms. The van der Waals surface area contributed by atoms with E-state index >= 15 is 0 Å². The second kappa shape index (κ2) is 6.69. The van der Waals surface area contributed by atoms with E-state index in [1.807, 2.05) is 13.1 Å². The summed E-state index contributed by atoms with van der Waals surface area (Å²) < 4.78 is 12.1. The Morgan fingerprint density at radius 1 is 1.42 bits per heavy atom. The molecule has 0 saturated carbocycles. The molecule has 1 N–H and O–H groups in total. The Balaban J connectivity index is 2.00. The molecule has 7 heteroatoms. The molecule has 2 aromatic rings. The van der Waals surface area contributed by atoms with Gasteiger partial charge in [0.1, 0.15) is 0 Å². The molecule has 2 heterocycles. The molecule has 2 rings (SSSR count). The monoisotopic (exact) mass is 263 g/mol. The Morgan fingerprint density at radius 2 is 2.32 bits per heavy atom. The van der Waals surface area contributed by atoms with Crippen LogP contribution >= 0.6 is 0 Å².